The number of nitrogens with zero attached hydrogens (tertiary/aromatic N) is 2. The Kier molecular flexibility index (Phi) is 76.8. The molecular weight excluding hydrogens is 1030 g/mol. The molecule has 0 bridgehead atoms. The van der Waals surface area contributed by atoms with Crippen LogP contribution < -0.4 is 10.6 Å². The Morgan fingerprint density at radius 3 is 0.939 bits per heavy atom. The zero-order valence-corrected chi connectivity index (χ0v) is 42.9. The van der Waals surface area contributed by atoms with Crippen molar-refractivity contribution in [3.63, 3.8) is 0 Å². The number of nitrogens with one attached hydrogen (secondary N) is 2. The normalized spacial score (nSPS) is 10.3. The van der Waals surface area contributed by atoms with Crippen LogP contribution in [0.2, 0.25) is 0 Å². The second kappa shape index (κ2) is 47.6. The van der Waals surface area contributed by atoms with E-state index in [1.165, 1.54) is 65.4 Å². The molecule has 0 aliphatic heterocycles. The van der Waals surface area contributed by atoms with Crippen LogP contribution in [0.1, 0.15) is 283 Å². The lowest BCUT2D eigenvalue weighted by Gasteiger charge is -2.36. The lowest BCUT2D eigenvalue weighted by molar-refractivity contribution is -0.172. The van der Waals surface area contributed by atoms with Gasteiger partial charge in [-0.15, -0.1) is 0 Å². The summed E-state index contributed by atoms with van der Waals surface area (Å²) in [6.45, 7) is 32.8. The third-order valence-corrected chi connectivity index (χ3v) is 12.4. The predicted molar refractivity (Wildman–Crippen MR) is 372 cm³/mol. The zero-order valence-electron chi connectivity index (χ0n) is 42.9. The van der Waals surface area contributed by atoms with Gasteiger partial charge in [-0.25, -0.2) is 0 Å². The summed E-state index contributed by atoms with van der Waals surface area (Å²) in [5.74, 6) is -3.57. The standard InChI is InChI=1S/C25H37BN2O5.C23H39BN2O5.18CH4/c1-16(29)22(2,3)17-13-11-12-14-18(17)25(8,9)33-21(32)23(4,5)19(30)27-24(6,7)20(31)28(10)15-26;1-14(20(4,5)16(3)27)15(2)23(10,11)31-19(30)21(6,7)17(28)25-22(8,9)18(29)26(12)13-24;;;;;;;;;;;;;;;;;;/h11-14H,15H2,1-10H3,(H,27,30);13H2,1-12H3,(H,25,28);18*1H4/b;15-14-;;;;;;;;;;;;;;;;;;. The number of esters is 2. The number of carbonyl (C=O) groups excluding carboxylic acids is 8. The molecule has 0 saturated heterocycles. The Bertz CT molecular complexity index is 2000. The van der Waals surface area contributed by atoms with Gasteiger partial charge in [-0.05, 0) is 168 Å². The van der Waals surface area contributed by atoms with Gasteiger partial charge in [-0.3, -0.25) is 38.4 Å². The molecule has 82 heavy (non-hydrogen) atoms. The number of amides is 4. The van der Waals surface area contributed by atoms with Crippen LogP contribution in [0.3, 0.4) is 0 Å². The van der Waals surface area contributed by atoms with Gasteiger partial charge in [0.15, 0.2) is 0 Å². The number of likely N-dealkylation sites (N-methyl/N-ethyl adjacent to an activating group) is 2. The van der Waals surface area contributed by atoms with Gasteiger partial charge in [0.1, 0.15) is 44.7 Å². The van der Waals surface area contributed by atoms with Gasteiger partial charge in [-0.1, -0.05) is 164 Å². The van der Waals surface area contributed by atoms with E-state index in [4.69, 9.17) is 25.2 Å². The van der Waals surface area contributed by atoms with Crippen molar-refractivity contribution in [1.82, 2.24) is 20.4 Å². The Morgan fingerprint density at radius 1 is 0.415 bits per heavy atom. The molecule has 2 N–H and O–H groups in total. The summed E-state index contributed by atoms with van der Waals surface area (Å²) in [6.07, 6.45) is -0.00684. The minimum atomic E-state index is -1.58. The van der Waals surface area contributed by atoms with Crippen LogP contribution in [-0.2, 0) is 58.8 Å². The van der Waals surface area contributed by atoms with E-state index in [1.54, 1.807) is 55.4 Å². The lowest BCUT2D eigenvalue weighted by Crippen LogP contribution is -2.59. The van der Waals surface area contributed by atoms with Crippen LogP contribution in [0.25, 0.3) is 0 Å². The van der Waals surface area contributed by atoms with Crippen molar-refractivity contribution in [3.05, 3.63) is 46.5 Å². The number of ketones is 2. The van der Waals surface area contributed by atoms with E-state index in [2.05, 4.69) is 10.6 Å². The Hall–Kier alpha value is -4.75. The molecule has 0 aliphatic carbocycles. The summed E-state index contributed by atoms with van der Waals surface area (Å²) in [6, 6.07) is 7.29. The number of hydrogen-bond acceptors (Lipinski definition) is 10. The van der Waals surface area contributed by atoms with Crippen molar-refractivity contribution < 1.29 is 47.8 Å². The quantitative estimate of drug-likeness (QED) is 0.0620. The molecule has 1 aromatic carbocycles. The molecule has 0 aliphatic rings. The van der Waals surface area contributed by atoms with Crippen molar-refractivity contribution in [2.75, 3.05) is 27.0 Å². The predicted octanol–water partition coefficient (Wildman–Crippen LogP) is 17.1. The smallest absolute Gasteiger partial charge is 0.321 e. The number of hydrogen-bond donors (Lipinski definition) is 2. The molecule has 0 spiro atoms. The summed E-state index contributed by atoms with van der Waals surface area (Å²) < 4.78 is 11.6. The SMILES string of the molecule is C.C.C.C.C.C.C.C.C.C.C.C.C.C.C.C.C.C.[B]CN(C)C(=O)C(C)(C)NC(=O)C(C)(C)C(=O)OC(C)(C)/C(C)=C(/C)C(C)(C)C(C)=O.[B]CN(C)C(=O)C(C)(C)NC(=O)C(C)(C)C(=O)OC(C)(C)c1ccccc1C(C)(C)C(C)=O. The highest BCUT2D eigenvalue weighted by molar-refractivity contribution is 6.11. The van der Waals surface area contributed by atoms with E-state index in [0.717, 1.165) is 16.7 Å². The van der Waals surface area contributed by atoms with Crippen LogP contribution in [0.5, 0.6) is 0 Å². The third-order valence-electron chi connectivity index (χ3n) is 12.4. The maximum atomic E-state index is 13.2. The van der Waals surface area contributed by atoms with Crippen molar-refractivity contribution in [2.45, 2.75) is 300 Å². The average Bonchev–Trinajstić information content (AvgIpc) is 3.18. The second-order valence-corrected chi connectivity index (χ2v) is 20.7. The van der Waals surface area contributed by atoms with Crippen molar-refractivity contribution in [2.24, 2.45) is 16.2 Å². The van der Waals surface area contributed by atoms with Crippen LogP contribution >= 0.6 is 0 Å². The number of Topliss-reactive ketones (excluding diaryl/α,β-unsaturated/α-hetero) is 2. The molecule has 0 aromatic heterocycles. The molecule has 14 nitrogen and oxygen atoms in total. The lowest BCUT2D eigenvalue weighted by atomic mass is 9.75. The maximum Gasteiger partial charge on any atom is 0.321 e. The average molecular weight is 1180 g/mol. The minimum absolute atomic E-state index is 0. The fourth-order valence-corrected chi connectivity index (χ4v) is 6.07. The second-order valence-electron chi connectivity index (χ2n) is 20.7. The third kappa shape index (κ3) is 31.8. The van der Waals surface area contributed by atoms with Crippen LogP contribution in [0, 0.1) is 16.2 Å². The summed E-state index contributed by atoms with van der Waals surface area (Å²) >= 11 is 0. The number of rotatable bonds is 18. The molecule has 4 amide bonds. The summed E-state index contributed by atoms with van der Waals surface area (Å²) in [4.78, 5) is 104. The fraction of sp³-hybridized carbons (Fsp3) is 0.758. The van der Waals surface area contributed by atoms with Crippen molar-refractivity contribution >= 4 is 62.8 Å². The molecule has 0 saturated carbocycles. The zero-order chi connectivity index (χ0) is 51.2. The number of benzene rings is 1. The monoisotopic (exact) mass is 1180 g/mol. The number of carbonyl (C=O) groups is 8. The molecular formula is C66H148B2N4O10. The fourth-order valence-electron chi connectivity index (χ4n) is 6.07. The first-order chi connectivity index (χ1) is 28.5. The highest BCUT2D eigenvalue weighted by Gasteiger charge is 2.47. The largest absolute Gasteiger partial charge is 0.454 e. The molecule has 4 radical (unpaired) electrons. The summed E-state index contributed by atoms with van der Waals surface area (Å²) in [7, 11) is 14.1. The van der Waals surface area contributed by atoms with Gasteiger partial charge in [0.25, 0.3) is 0 Å². The first-order valence-electron chi connectivity index (χ1n) is 21.3. The van der Waals surface area contributed by atoms with Crippen LogP contribution in [-0.4, -0.2) is 116 Å². The van der Waals surface area contributed by atoms with Gasteiger partial charge >= 0.3 is 11.9 Å². The molecule has 1 rings (SSSR count). The molecule has 16 heteroatoms. The Morgan fingerprint density at radius 2 is 0.683 bits per heavy atom. The van der Waals surface area contributed by atoms with Crippen LogP contribution in [0.15, 0.2) is 35.4 Å². The van der Waals surface area contributed by atoms with E-state index in [9.17, 15) is 38.4 Å². The minimum Gasteiger partial charge on any atom is -0.454 e. The van der Waals surface area contributed by atoms with Crippen LogP contribution in [0.4, 0.5) is 0 Å². The van der Waals surface area contributed by atoms with Gasteiger partial charge in [-0.2, -0.15) is 0 Å². The Labute approximate surface area is 518 Å². The van der Waals surface area contributed by atoms with Gasteiger partial charge < -0.3 is 29.9 Å². The first kappa shape index (κ1) is 132. The molecule has 498 valence electrons. The highest BCUT2D eigenvalue weighted by atomic mass is 16.6. The molecule has 0 fully saturated rings. The molecule has 0 atom stereocenters. The molecule has 1 aromatic rings. The van der Waals surface area contributed by atoms with Gasteiger partial charge in [0.2, 0.25) is 23.6 Å². The highest BCUT2D eigenvalue weighted by Crippen LogP contribution is 2.38. The van der Waals surface area contributed by atoms with Gasteiger partial charge in [0, 0.05) is 24.9 Å². The topological polar surface area (TPSA) is 186 Å². The molecule has 0 unspecified atom stereocenters. The molecule has 0 heterocycles. The van der Waals surface area contributed by atoms with Crippen molar-refractivity contribution in [3.8, 4) is 0 Å². The summed E-state index contributed by atoms with van der Waals surface area (Å²) in [5, 5.41) is 5.26. The van der Waals surface area contributed by atoms with E-state index < -0.39 is 67.7 Å². The van der Waals surface area contributed by atoms with E-state index in [1.807, 2.05) is 65.8 Å². The van der Waals surface area contributed by atoms with Crippen molar-refractivity contribution in [1.29, 1.82) is 0 Å². The number of ether oxygens (including phenoxy) is 2. The number of allylic oxidation sites excluding steroid dienone is 1. The Balaban J connectivity index is -0.0000000468. The maximum absolute atomic E-state index is 13.2. The van der Waals surface area contributed by atoms with E-state index in [0.29, 0.717) is 5.56 Å². The van der Waals surface area contributed by atoms with E-state index in [-0.39, 0.29) is 170 Å². The first-order valence-corrected chi connectivity index (χ1v) is 21.3. The van der Waals surface area contributed by atoms with Gasteiger partial charge in [0.05, 0.1) is 15.7 Å². The summed E-state index contributed by atoms with van der Waals surface area (Å²) in [5.41, 5.74) is -6.36. The van der Waals surface area contributed by atoms with E-state index >= 15 is 0 Å².